The number of nitrogens with zero attached hydrogens (tertiary/aromatic N) is 3. The van der Waals surface area contributed by atoms with Crippen LogP contribution in [0.15, 0.2) is 53.5 Å². The molecule has 9 heteroatoms. The van der Waals surface area contributed by atoms with Crippen molar-refractivity contribution in [1.82, 2.24) is 9.88 Å². The minimum absolute atomic E-state index is 0.0466. The van der Waals surface area contributed by atoms with E-state index < -0.39 is 0 Å². The predicted molar refractivity (Wildman–Crippen MR) is 157 cm³/mol. The van der Waals surface area contributed by atoms with Crippen molar-refractivity contribution >= 4 is 40.6 Å². The van der Waals surface area contributed by atoms with Gasteiger partial charge >= 0.3 is 0 Å². The summed E-state index contributed by atoms with van der Waals surface area (Å²) in [6, 6.07) is 14.9. The van der Waals surface area contributed by atoms with E-state index in [9.17, 15) is 15.0 Å². The van der Waals surface area contributed by atoms with E-state index in [0.717, 1.165) is 24.1 Å². The van der Waals surface area contributed by atoms with Crippen molar-refractivity contribution in [1.29, 1.82) is 0 Å². The Labute approximate surface area is 228 Å². The number of nitrogens with two attached hydrogens (primary N) is 1. The number of likely N-dealkylation sites (N-methyl/N-ethyl adjacent to an activating group) is 1. The quantitative estimate of drug-likeness (QED) is 0.146. The standard InChI is InChI=1S/C29H37N5O3S/c1-18(2)19-8-10-21(11-9-19)32-28(29(37)31-3)23-16-22(20-6-7-20)25(17-24(23)30)34(38-4)15-5-14-33-26(35)12-13-27(33)36/h8-13,16-18,20,35-36H,5-7,14-15,30H2,1-4H3,(H,31,37). The first kappa shape index (κ1) is 27.4. The van der Waals surface area contributed by atoms with Crippen molar-refractivity contribution in [3.8, 4) is 11.8 Å². The fraction of sp³-hybridized carbons (Fsp3) is 0.379. The van der Waals surface area contributed by atoms with Gasteiger partial charge in [0, 0.05) is 49.8 Å². The Balaban J connectivity index is 1.65. The molecule has 0 unspecified atom stereocenters. The summed E-state index contributed by atoms with van der Waals surface area (Å²) in [6.45, 7) is 5.45. The second-order valence-corrected chi connectivity index (χ2v) is 10.7. The van der Waals surface area contributed by atoms with Gasteiger partial charge in [0.2, 0.25) is 0 Å². The lowest BCUT2D eigenvalue weighted by Crippen LogP contribution is -2.29. The number of hydrogen-bond acceptors (Lipinski definition) is 7. The van der Waals surface area contributed by atoms with Gasteiger partial charge in [-0.1, -0.05) is 37.9 Å². The highest BCUT2D eigenvalue weighted by Gasteiger charge is 2.30. The van der Waals surface area contributed by atoms with Gasteiger partial charge in [0.1, 0.15) is 5.71 Å². The van der Waals surface area contributed by atoms with Crippen LogP contribution in [-0.2, 0) is 11.3 Å². The van der Waals surface area contributed by atoms with E-state index in [0.29, 0.717) is 54.0 Å². The Morgan fingerprint density at radius 3 is 2.37 bits per heavy atom. The minimum Gasteiger partial charge on any atom is -0.494 e. The van der Waals surface area contributed by atoms with Crippen molar-refractivity contribution in [2.24, 2.45) is 4.99 Å². The van der Waals surface area contributed by atoms with E-state index in [1.165, 1.54) is 22.3 Å². The molecule has 1 heterocycles. The third-order valence-corrected chi connectivity index (χ3v) is 7.70. The SMILES string of the molecule is CNC(=O)C(=Nc1ccc(C(C)C)cc1)c1cc(C2CC2)c(N(CCCn2c(O)ccc2O)SC)cc1N. The van der Waals surface area contributed by atoms with Gasteiger partial charge in [-0.2, -0.15) is 0 Å². The lowest BCUT2D eigenvalue weighted by atomic mass is 9.98. The minimum atomic E-state index is -0.285. The number of nitrogens with one attached hydrogen (secondary N) is 1. The van der Waals surface area contributed by atoms with E-state index in [2.05, 4.69) is 23.5 Å². The van der Waals surface area contributed by atoms with Crippen LogP contribution in [0, 0.1) is 0 Å². The van der Waals surface area contributed by atoms with E-state index in [4.69, 9.17) is 10.7 Å². The maximum absolute atomic E-state index is 13.0. The molecular weight excluding hydrogens is 498 g/mol. The van der Waals surface area contributed by atoms with Gasteiger partial charge in [-0.15, -0.1) is 0 Å². The summed E-state index contributed by atoms with van der Waals surface area (Å²) in [5, 5.41) is 22.6. The molecule has 0 saturated heterocycles. The van der Waals surface area contributed by atoms with Gasteiger partial charge in [-0.05, 0) is 66.5 Å². The molecule has 1 aromatic heterocycles. The molecule has 0 radical (unpaired) electrons. The molecule has 3 aromatic rings. The van der Waals surface area contributed by atoms with Crippen LogP contribution in [0.4, 0.5) is 17.1 Å². The number of hydrogen-bond donors (Lipinski definition) is 4. The smallest absolute Gasteiger partial charge is 0.270 e. The summed E-state index contributed by atoms with van der Waals surface area (Å²) < 4.78 is 3.67. The van der Waals surface area contributed by atoms with E-state index in [1.54, 1.807) is 19.0 Å². The van der Waals surface area contributed by atoms with Crippen molar-refractivity contribution < 1.29 is 15.0 Å². The molecule has 0 bridgehead atoms. The molecule has 1 aliphatic rings. The first-order valence-corrected chi connectivity index (χ1v) is 14.1. The molecule has 0 atom stereocenters. The number of amides is 1. The highest BCUT2D eigenvalue weighted by atomic mass is 32.2. The second kappa shape index (κ2) is 11.9. The van der Waals surface area contributed by atoms with Crippen molar-refractivity contribution in [3.05, 3.63) is 65.2 Å². The van der Waals surface area contributed by atoms with Gasteiger partial charge in [0.25, 0.3) is 5.91 Å². The Kier molecular flexibility index (Phi) is 8.56. The first-order chi connectivity index (χ1) is 18.2. The Morgan fingerprint density at radius 1 is 1.16 bits per heavy atom. The number of aromatic hydroxyl groups is 2. The number of rotatable bonds is 11. The lowest BCUT2D eigenvalue weighted by Gasteiger charge is -2.26. The molecule has 8 nitrogen and oxygen atoms in total. The highest BCUT2D eigenvalue weighted by Crippen LogP contribution is 2.47. The van der Waals surface area contributed by atoms with Gasteiger partial charge < -0.3 is 25.6 Å². The molecule has 2 aromatic carbocycles. The number of aromatic nitrogens is 1. The third-order valence-electron chi connectivity index (χ3n) is 6.88. The summed E-state index contributed by atoms with van der Waals surface area (Å²) in [5.41, 5.74) is 12.1. The molecule has 1 fully saturated rings. The van der Waals surface area contributed by atoms with Gasteiger partial charge in [-0.3, -0.25) is 9.36 Å². The van der Waals surface area contributed by atoms with Crippen LogP contribution in [0.3, 0.4) is 0 Å². The van der Waals surface area contributed by atoms with Crippen LogP contribution in [0.5, 0.6) is 11.8 Å². The van der Waals surface area contributed by atoms with E-state index in [1.807, 2.05) is 42.7 Å². The molecule has 0 aliphatic heterocycles. The summed E-state index contributed by atoms with van der Waals surface area (Å²) in [7, 11) is 1.60. The molecular formula is C29H37N5O3S. The van der Waals surface area contributed by atoms with Crippen LogP contribution in [-0.4, -0.2) is 46.2 Å². The number of benzene rings is 2. The molecule has 1 aliphatic carbocycles. The van der Waals surface area contributed by atoms with Crippen LogP contribution < -0.4 is 15.4 Å². The van der Waals surface area contributed by atoms with Gasteiger partial charge in [0.05, 0.1) is 11.4 Å². The first-order valence-electron chi connectivity index (χ1n) is 13.0. The van der Waals surface area contributed by atoms with Crippen molar-refractivity contribution in [2.75, 3.05) is 29.9 Å². The maximum Gasteiger partial charge on any atom is 0.270 e. The Hall–Kier alpha value is -3.59. The van der Waals surface area contributed by atoms with E-state index in [-0.39, 0.29) is 17.7 Å². The summed E-state index contributed by atoms with van der Waals surface area (Å²) >= 11 is 1.60. The molecule has 0 spiro atoms. The van der Waals surface area contributed by atoms with Crippen LogP contribution >= 0.6 is 11.9 Å². The molecule has 38 heavy (non-hydrogen) atoms. The molecule has 5 N–H and O–H groups in total. The number of nitrogen functional groups attached to an aromatic ring is 1. The highest BCUT2D eigenvalue weighted by molar-refractivity contribution is 7.99. The Morgan fingerprint density at radius 2 is 1.82 bits per heavy atom. The number of aliphatic imine (C=N–C) groups is 1. The van der Waals surface area contributed by atoms with Crippen LogP contribution in [0.2, 0.25) is 0 Å². The van der Waals surface area contributed by atoms with Crippen LogP contribution in [0.1, 0.15) is 61.6 Å². The number of anilines is 2. The van der Waals surface area contributed by atoms with Gasteiger partial charge in [0.15, 0.2) is 11.8 Å². The summed E-state index contributed by atoms with van der Waals surface area (Å²) in [4.78, 5) is 17.7. The molecule has 202 valence electrons. The summed E-state index contributed by atoms with van der Waals surface area (Å²) in [6.07, 6.45) is 4.91. The fourth-order valence-electron chi connectivity index (χ4n) is 4.54. The van der Waals surface area contributed by atoms with Gasteiger partial charge in [-0.25, -0.2) is 4.99 Å². The van der Waals surface area contributed by atoms with Crippen molar-refractivity contribution in [2.45, 2.75) is 51.5 Å². The number of carbonyl (C=O) groups excluding carboxylic acids is 1. The predicted octanol–water partition coefficient (Wildman–Crippen LogP) is 5.52. The molecule has 4 rings (SSSR count). The lowest BCUT2D eigenvalue weighted by molar-refractivity contribution is -0.114. The average molecular weight is 536 g/mol. The summed E-state index contributed by atoms with van der Waals surface area (Å²) in [5.74, 6) is 0.630. The van der Waals surface area contributed by atoms with E-state index >= 15 is 0 Å². The normalized spacial score (nSPS) is 13.7. The zero-order valence-electron chi connectivity index (χ0n) is 22.4. The van der Waals surface area contributed by atoms with Crippen LogP contribution in [0.25, 0.3) is 0 Å². The van der Waals surface area contributed by atoms with Crippen molar-refractivity contribution in [3.63, 3.8) is 0 Å². The third kappa shape index (κ3) is 6.10. The zero-order chi connectivity index (χ0) is 27.4. The average Bonchev–Trinajstić information content (AvgIpc) is 3.71. The molecule has 1 saturated carbocycles. The maximum atomic E-state index is 13.0. The topological polar surface area (TPSA) is 116 Å². The largest absolute Gasteiger partial charge is 0.494 e. The fourth-order valence-corrected chi connectivity index (χ4v) is 5.20. The second-order valence-electron chi connectivity index (χ2n) is 9.90. The number of carbonyl (C=O) groups is 1. The molecule has 1 amide bonds. The monoisotopic (exact) mass is 535 g/mol. The zero-order valence-corrected chi connectivity index (χ0v) is 23.3. The Bertz CT molecular complexity index is 1290.